The van der Waals surface area contributed by atoms with Crippen molar-refractivity contribution in [3.8, 4) is 0 Å². The second-order valence-electron chi connectivity index (χ2n) is 5.92. The van der Waals surface area contributed by atoms with Crippen molar-refractivity contribution >= 4 is 46.0 Å². The molecule has 1 amide bonds. The average Bonchev–Trinajstić information content (AvgIpc) is 2.62. The van der Waals surface area contributed by atoms with Crippen LogP contribution < -0.4 is 11.1 Å². The zero-order chi connectivity index (χ0) is 19.6. The van der Waals surface area contributed by atoms with Crippen molar-refractivity contribution < 1.29 is 9.18 Å². The highest BCUT2D eigenvalue weighted by Gasteiger charge is 2.29. The lowest BCUT2D eigenvalue weighted by molar-refractivity contribution is -0.114. The van der Waals surface area contributed by atoms with E-state index >= 15 is 0 Å². The molecule has 0 saturated carbocycles. The van der Waals surface area contributed by atoms with E-state index in [1.807, 2.05) is 0 Å². The number of hydrogen-bond donors (Lipinski definition) is 2. The maximum absolute atomic E-state index is 13.0. The van der Waals surface area contributed by atoms with Crippen LogP contribution in [0.25, 0.3) is 0 Å². The van der Waals surface area contributed by atoms with Crippen molar-refractivity contribution in [1.82, 2.24) is 5.32 Å². The van der Waals surface area contributed by atoms with Gasteiger partial charge in [-0.1, -0.05) is 59.2 Å². The second-order valence-corrected chi connectivity index (χ2v) is 7.67. The highest BCUT2D eigenvalue weighted by atomic mass is 35.5. The Morgan fingerprint density at radius 2 is 1.96 bits per heavy atom. The summed E-state index contributed by atoms with van der Waals surface area (Å²) in [6.07, 6.45) is 0. The van der Waals surface area contributed by atoms with Crippen LogP contribution in [0, 0.1) is 5.82 Å². The van der Waals surface area contributed by atoms with Gasteiger partial charge in [0.1, 0.15) is 11.9 Å². The lowest BCUT2D eigenvalue weighted by Gasteiger charge is -2.26. The molecule has 0 unspecified atom stereocenters. The van der Waals surface area contributed by atoms with Gasteiger partial charge in [-0.15, -0.1) is 0 Å². The molecule has 1 heterocycles. The minimum atomic E-state index is -0.648. The number of allylic oxidation sites excluding steroid dienone is 1. The normalized spacial score (nSPS) is 16.7. The van der Waals surface area contributed by atoms with E-state index in [0.717, 1.165) is 5.56 Å². The predicted octanol–water partition coefficient (Wildman–Crippen LogP) is 4.83. The molecule has 1 atom stereocenters. The Hall–Kier alpha value is -2.02. The Labute approximate surface area is 170 Å². The quantitative estimate of drug-likeness (QED) is 0.739. The summed E-state index contributed by atoms with van der Waals surface area (Å²) in [7, 11) is 0. The number of nitrogens with two attached hydrogens (primary N) is 1. The smallest absolute Gasteiger partial charge is 0.248 e. The average molecular weight is 424 g/mol. The lowest BCUT2D eigenvalue weighted by atomic mass is 9.96. The van der Waals surface area contributed by atoms with Gasteiger partial charge in [0.15, 0.2) is 5.17 Å². The number of aliphatic imine (C=N–C) groups is 1. The van der Waals surface area contributed by atoms with Gasteiger partial charge in [-0.3, -0.25) is 4.79 Å². The molecule has 0 aliphatic carbocycles. The molecule has 0 saturated heterocycles. The number of amidine groups is 1. The van der Waals surface area contributed by atoms with Gasteiger partial charge in [-0.25, -0.2) is 9.38 Å². The third-order valence-corrected chi connectivity index (χ3v) is 5.84. The van der Waals surface area contributed by atoms with Gasteiger partial charge in [0.05, 0.1) is 15.6 Å². The fourth-order valence-corrected chi connectivity index (χ4v) is 4.04. The van der Waals surface area contributed by atoms with Crippen LogP contribution in [0.15, 0.2) is 58.7 Å². The van der Waals surface area contributed by atoms with Crippen LogP contribution in [-0.4, -0.2) is 11.1 Å². The van der Waals surface area contributed by atoms with E-state index in [4.69, 9.17) is 28.9 Å². The summed E-state index contributed by atoms with van der Waals surface area (Å²) in [5.74, 6) is -0.272. The molecular weight excluding hydrogens is 408 g/mol. The number of halogens is 3. The van der Waals surface area contributed by atoms with Crippen LogP contribution in [-0.2, 0) is 10.5 Å². The second kappa shape index (κ2) is 8.33. The molecule has 0 aromatic heterocycles. The summed E-state index contributed by atoms with van der Waals surface area (Å²) in [6, 6.07) is 10.8. The standard InChI is InChI=1S/C19H16Cl2FN3OS/c1-10-15(18(23)26)17(13-3-2-4-14(20)16(13)21)25-19(24-10)27-9-11-5-7-12(22)8-6-11/h2-8,17H,9H2,1H3,(H2,23,26)(H,24,25)/t17-/m1/s1. The molecule has 1 aliphatic heterocycles. The largest absolute Gasteiger partial charge is 0.366 e. The number of thioether (sulfide) groups is 1. The molecule has 1 aliphatic rings. The highest BCUT2D eigenvalue weighted by Crippen LogP contribution is 2.38. The molecule has 140 valence electrons. The Morgan fingerprint density at radius 3 is 2.63 bits per heavy atom. The molecule has 0 fully saturated rings. The number of nitrogens with one attached hydrogen (secondary N) is 1. The predicted molar refractivity (Wildman–Crippen MR) is 109 cm³/mol. The SMILES string of the molecule is CC1=C(C(N)=O)[C@@H](c2cccc(Cl)c2Cl)N=C(SCc2ccc(F)cc2)N1. The van der Waals surface area contributed by atoms with Crippen LogP contribution in [0.5, 0.6) is 0 Å². The number of primary amides is 1. The monoisotopic (exact) mass is 423 g/mol. The molecule has 0 bridgehead atoms. The molecule has 27 heavy (non-hydrogen) atoms. The number of nitrogens with zero attached hydrogens (tertiary/aromatic N) is 1. The number of carbonyl (C=O) groups excluding carboxylic acids is 1. The molecule has 3 N–H and O–H groups in total. The molecule has 0 radical (unpaired) electrons. The fourth-order valence-electron chi connectivity index (χ4n) is 2.73. The molecular formula is C19H16Cl2FN3OS. The van der Waals surface area contributed by atoms with Crippen molar-refractivity contribution in [2.45, 2.75) is 18.7 Å². The van der Waals surface area contributed by atoms with Crippen LogP contribution in [0.3, 0.4) is 0 Å². The van der Waals surface area contributed by atoms with Gasteiger partial charge in [0.2, 0.25) is 5.91 Å². The topological polar surface area (TPSA) is 67.5 Å². The van der Waals surface area contributed by atoms with Gasteiger partial charge in [0.25, 0.3) is 0 Å². The molecule has 3 rings (SSSR count). The maximum Gasteiger partial charge on any atom is 0.248 e. The summed E-state index contributed by atoms with van der Waals surface area (Å²) in [6.45, 7) is 1.76. The summed E-state index contributed by atoms with van der Waals surface area (Å²) in [4.78, 5) is 16.6. The molecule has 2 aromatic carbocycles. The van der Waals surface area contributed by atoms with E-state index in [2.05, 4.69) is 10.3 Å². The van der Waals surface area contributed by atoms with Gasteiger partial charge in [0, 0.05) is 17.0 Å². The van der Waals surface area contributed by atoms with Crippen LogP contribution in [0.4, 0.5) is 4.39 Å². The number of amides is 1. The molecule has 4 nitrogen and oxygen atoms in total. The Bertz CT molecular complexity index is 944. The molecule has 2 aromatic rings. The highest BCUT2D eigenvalue weighted by molar-refractivity contribution is 8.13. The van der Waals surface area contributed by atoms with E-state index in [9.17, 15) is 9.18 Å². The summed E-state index contributed by atoms with van der Waals surface area (Å²) in [5.41, 5.74) is 8.08. The van der Waals surface area contributed by atoms with Crippen LogP contribution >= 0.6 is 35.0 Å². The van der Waals surface area contributed by atoms with Crippen molar-refractivity contribution in [2.75, 3.05) is 0 Å². The number of benzene rings is 2. The fraction of sp³-hybridized carbons (Fsp3) is 0.158. The van der Waals surface area contributed by atoms with Gasteiger partial charge in [-0.2, -0.15) is 0 Å². The minimum absolute atomic E-state index is 0.280. The van der Waals surface area contributed by atoms with Gasteiger partial charge < -0.3 is 11.1 Å². The number of rotatable bonds is 4. The first kappa shape index (κ1) is 19.7. The third-order valence-electron chi connectivity index (χ3n) is 4.05. The number of carbonyl (C=O) groups is 1. The maximum atomic E-state index is 13.0. The Kier molecular flexibility index (Phi) is 6.09. The summed E-state index contributed by atoms with van der Waals surface area (Å²) >= 11 is 13.9. The van der Waals surface area contributed by atoms with Gasteiger partial charge >= 0.3 is 0 Å². The van der Waals surface area contributed by atoms with Gasteiger partial charge in [-0.05, 0) is 30.7 Å². The van der Waals surface area contributed by atoms with Crippen molar-refractivity contribution in [3.63, 3.8) is 0 Å². The van der Waals surface area contributed by atoms with Crippen molar-refractivity contribution in [3.05, 3.63) is 80.7 Å². The Balaban J connectivity index is 1.91. The van der Waals surface area contributed by atoms with E-state index in [-0.39, 0.29) is 5.82 Å². The third kappa shape index (κ3) is 4.46. The zero-order valence-corrected chi connectivity index (χ0v) is 16.6. The number of hydrogen-bond acceptors (Lipinski definition) is 4. The van der Waals surface area contributed by atoms with E-state index in [1.165, 1.54) is 23.9 Å². The van der Waals surface area contributed by atoms with Crippen molar-refractivity contribution in [1.29, 1.82) is 0 Å². The minimum Gasteiger partial charge on any atom is -0.366 e. The van der Waals surface area contributed by atoms with E-state index in [1.54, 1.807) is 37.3 Å². The zero-order valence-electron chi connectivity index (χ0n) is 14.3. The lowest BCUT2D eigenvalue weighted by Crippen LogP contribution is -2.32. The summed E-state index contributed by atoms with van der Waals surface area (Å²) < 4.78 is 13.0. The van der Waals surface area contributed by atoms with E-state index < -0.39 is 11.9 Å². The van der Waals surface area contributed by atoms with E-state index in [0.29, 0.717) is 37.8 Å². The Morgan fingerprint density at radius 1 is 1.26 bits per heavy atom. The van der Waals surface area contributed by atoms with Crippen molar-refractivity contribution in [2.24, 2.45) is 10.7 Å². The first-order valence-electron chi connectivity index (χ1n) is 8.03. The van der Waals surface area contributed by atoms with Crippen LogP contribution in [0.2, 0.25) is 10.0 Å². The van der Waals surface area contributed by atoms with Crippen LogP contribution in [0.1, 0.15) is 24.1 Å². The molecule has 8 heteroatoms. The first-order chi connectivity index (χ1) is 12.9. The first-order valence-corrected chi connectivity index (χ1v) is 9.77. The molecule has 0 spiro atoms. The summed E-state index contributed by atoms with van der Waals surface area (Å²) in [5, 5.41) is 4.44.